The van der Waals surface area contributed by atoms with Crippen LogP contribution in [0.1, 0.15) is 50.9 Å². The van der Waals surface area contributed by atoms with Gasteiger partial charge in [0.1, 0.15) is 23.4 Å². The van der Waals surface area contributed by atoms with Crippen molar-refractivity contribution in [2.45, 2.75) is 76.2 Å². The summed E-state index contributed by atoms with van der Waals surface area (Å²) in [5.41, 5.74) is -5.66. The van der Waals surface area contributed by atoms with E-state index in [1.807, 2.05) is 0 Å². The van der Waals surface area contributed by atoms with Gasteiger partial charge in [0.05, 0.1) is 28.6 Å². The van der Waals surface area contributed by atoms with Crippen molar-refractivity contribution in [3.05, 3.63) is 47.0 Å². The van der Waals surface area contributed by atoms with Crippen LogP contribution in [0.5, 0.6) is 0 Å². The van der Waals surface area contributed by atoms with E-state index in [1.54, 1.807) is 64.3 Å². The Bertz CT molecular complexity index is 1250. The van der Waals surface area contributed by atoms with Crippen LogP contribution in [-0.4, -0.2) is 84.9 Å². The van der Waals surface area contributed by atoms with Crippen molar-refractivity contribution < 1.29 is 39.5 Å². The molecular weight excluding hydrogens is 540 g/mol. The van der Waals surface area contributed by atoms with Crippen LogP contribution in [0.25, 0.3) is 0 Å². The summed E-state index contributed by atoms with van der Waals surface area (Å²) in [5.74, 6) is -3.15. The number of hydrogen-bond acceptors (Lipinski definition) is 10. The summed E-state index contributed by atoms with van der Waals surface area (Å²) >= 11 is 7.02. The Morgan fingerprint density at radius 2 is 1.79 bits per heavy atom. The van der Waals surface area contributed by atoms with Crippen LogP contribution in [0.3, 0.4) is 0 Å². The van der Waals surface area contributed by atoms with Crippen LogP contribution in [-0.2, 0) is 14.3 Å². The molecule has 1 aromatic rings. The number of rotatable bonds is 3. The fourth-order valence-electron chi connectivity index (χ4n) is 7.78. The Kier molecular flexibility index (Phi) is 6.98. The number of thioether (sulfide) groups is 1. The third-order valence-corrected chi connectivity index (χ3v) is 11.6. The maximum atomic E-state index is 14.5. The summed E-state index contributed by atoms with van der Waals surface area (Å²) in [6.45, 7) is 6.49. The molecule has 4 N–H and O–H groups in total. The molecule has 2 saturated carbocycles. The summed E-state index contributed by atoms with van der Waals surface area (Å²) in [6, 6.07) is 8.28. The zero-order chi connectivity index (χ0) is 28.7. The minimum atomic E-state index is -1.97. The van der Waals surface area contributed by atoms with E-state index in [1.165, 1.54) is 11.8 Å². The molecule has 9 atom stereocenters. The van der Waals surface area contributed by atoms with E-state index in [0.717, 1.165) is 0 Å². The molecule has 2 bridgehead atoms. The second-order valence-corrected chi connectivity index (χ2v) is 13.7. The third-order valence-electron chi connectivity index (χ3n) is 10.2. The van der Waals surface area contributed by atoms with Gasteiger partial charge in [0.15, 0.2) is 5.78 Å². The van der Waals surface area contributed by atoms with Crippen molar-refractivity contribution in [3.8, 4) is 0 Å². The number of fused-ring (bicyclic) bond motifs is 5. The molecule has 3 fully saturated rings. The Morgan fingerprint density at radius 1 is 1.15 bits per heavy atom. The molecule has 4 aliphatic rings. The van der Waals surface area contributed by atoms with Crippen molar-refractivity contribution in [1.29, 1.82) is 0 Å². The fourth-order valence-corrected chi connectivity index (χ4v) is 8.74. The minimum absolute atomic E-state index is 0.139. The van der Waals surface area contributed by atoms with E-state index in [2.05, 4.69) is 0 Å². The highest BCUT2D eigenvalue weighted by Gasteiger charge is 2.76. The molecule has 1 heterocycles. The first kappa shape index (κ1) is 28.9. The predicted molar refractivity (Wildman–Crippen MR) is 149 cm³/mol. The summed E-state index contributed by atoms with van der Waals surface area (Å²) < 4.78 is 12.5. The molecule has 0 aromatic heterocycles. The van der Waals surface area contributed by atoms with E-state index >= 15 is 0 Å². The van der Waals surface area contributed by atoms with Gasteiger partial charge in [-0.3, -0.25) is 4.79 Å². The zero-order valence-electron chi connectivity index (χ0n) is 22.7. The standard InChI is InChI=1S/C29H36O8S2/c1-14-17(30)12-29(35)23(37-24(33)15-9-7-6-8-10-15)21-27(4,22(32)20(31)19(14)26(29,2)3)16(25(38)39-5)11-18-28(21,34)13-36-18/h6-10,16-18,20-21,23,30-31,34-35H,11-13H2,1-5H3/t16-,17?,18?,20?,21?,23?,27-,28+,29?/m1/s1. The van der Waals surface area contributed by atoms with Gasteiger partial charge in [0.2, 0.25) is 0 Å². The van der Waals surface area contributed by atoms with Crippen molar-refractivity contribution in [2.24, 2.45) is 22.7 Å². The highest BCUT2D eigenvalue weighted by molar-refractivity contribution is 8.22. The van der Waals surface area contributed by atoms with Crippen LogP contribution >= 0.6 is 24.0 Å². The summed E-state index contributed by atoms with van der Waals surface area (Å²) in [6.07, 6.45) is -3.24. The van der Waals surface area contributed by atoms with Gasteiger partial charge in [-0.05, 0) is 42.9 Å². The number of hydrogen-bond donors (Lipinski definition) is 4. The summed E-state index contributed by atoms with van der Waals surface area (Å²) in [5, 5.41) is 47.6. The van der Waals surface area contributed by atoms with E-state index in [9.17, 15) is 30.0 Å². The lowest BCUT2D eigenvalue weighted by atomic mass is 9.43. The van der Waals surface area contributed by atoms with Crippen LogP contribution in [0.15, 0.2) is 41.5 Å². The van der Waals surface area contributed by atoms with Gasteiger partial charge >= 0.3 is 5.97 Å². The Hall–Kier alpha value is -1.66. The van der Waals surface area contributed by atoms with Crippen LogP contribution in [0.2, 0.25) is 0 Å². The number of benzene rings is 1. The fraction of sp³-hybridized carbons (Fsp3) is 0.621. The van der Waals surface area contributed by atoms with Gasteiger partial charge < -0.3 is 29.9 Å². The molecular formula is C29H36O8S2. The lowest BCUT2D eigenvalue weighted by Crippen LogP contribution is -2.80. The predicted octanol–water partition coefficient (Wildman–Crippen LogP) is 2.46. The molecule has 39 heavy (non-hydrogen) atoms. The van der Waals surface area contributed by atoms with Crippen LogP contribution in [0, 0.1) is 22.7 Å². The molecule has 0 radical (unpaired) electrons. The molecule has 5 rings (SSSR count). The van der Waals surface area contributed by atoms with Crippen molar-refractivity contribution in [2.75, 3.05) is 12.9 Å². The number of ether oxygens (including phenoxy) is 2. The van der Waals surface area contributed by atoms with Gasteiger partial charge in [0.25, 0.3) is 0 Å². The minimum Gasteiger partial charge on any atom is -0.455 e. The molecule has 0 amide bonds. The van der Waals surface area contributed by atoms with Crippen molar-refractivity contribution >= 4 is 39.9 Å². The normalized spacial score (nSPS) is 42.8. The van der Waals surface area contributed by atoms with E-state index in [-0.39, 0.29) is 30.6 Å². The first-order valence-corrected chi connectivity index (χ1v) is 14.8. The highest BCUT2D eigenvalue weighted by Crippen LogP contribution is 2.64. The molecule has 0 spiro atoms. The zero-order valence-corrected chi connectivity index (χ0v) is 24.3. The third kappa shape index (κ3) is 3.79. The number of aliphatic hydroxyl groups is 4. The number of Topliss-reactive ketones (excluding diaryl/α,β-unsaturated/α-hetero) is 1. The number of aliphatic hydroxyl groups excluding tert-OH is 2. The molecule has 3 aliphatic carbocycles. The highest BCUT2D eigenvalue weighted by atomic mass is 32.2. The van der Waals surface area contributed by atoms with Crippen molar-refractivity contribution in [1.82, 2.24) is 0 Å². The summed E-state index contributed by atoms with van der Waals surface area (Å²) in [4.78, 5) is 28.1. The molecule has 10 heteroatoms. The van der Waals surface area contributed by atoms with Crippen molar-refractivity contribution in [3.63, 3.8) is 0 Å². The van der Waals surface area contributed by atoms with E-state index < -0.39 is 70.0 Å². The van der Waals surface area contributed by atoms with Gasteiger partial charge in [0, 0.05) is 29.1 Å². The quantitative estimate of drug-likeness (QED) is 0.242. The van der Waals surface area contributed by atoms with Crippen LogP contribution < -0.4 is 0 Å². The molecule has 212 valence electrons. The lowest BCUT2D eigenvalue weighted by Gasteiger charge is -2.67. The van der Waals surface area contributed by atoms with Gasteiger partial charge in [-0.15, -0.1) is 11.8 Å². The SMILES string of the molecule is CSC(=S)[C@H]1CC2OC[C@@]2(O)C2C(OC(=O)c3ccccc3)C3(O)CC(O)C(C)=C(C(O)C(=O)[C@@]21C)C3(C)C. The Balaban J connectivity index is 1.81. The van der Waals surface area contributed by atoms with Gasteiger partial charge in [-0.25, -0.2) is 4.79 Å². The largest absolute Gasteiger partial charge is 0.455 e. The average Bonchev–Trinajstić information content (AvgIpc) is 2.89. The topological polar surface area (TPSA) is 134 Å². The maximum Gasteiger partial charge on any atom is 0.338 e. The first-order chi connectivity index (χ1) is 18.2. The van der Waals surface area contributed by atoms with Crippen LogP contribution in [0.4, 0.5) is 0 Å². The Labute approximate surface area is 237 Å². The van der Waals surface area contributed by atoms with Gasteiger partial charge in [-0.1, -0.05) is 51.2 Å². The number of esters is 1. The maximum absolute atomic E-state index is 14.5. The summed E-state index contributed by atoms with van der Waals surface area (Å²) in [7, 11) is 0. The monoisotopic (exact) mass is 576 g/mol. The lowest BCUT2D eigenvalue weighted by molar-refractivity contribution is -0.334. The Morgan fingerprint density at radius 3 is 2.36 bits per heavy atom. The van der Waals surface area contributed by atoms with Gasteiger partial charge in [-0.2, -0.15) is 0 Å². The molecule has 8 nitrogen and oxygen atoms in total. The number of thiocarbonyl (C=S) groups is 1. The molecule has 6 unspecified atom stereocenters. The smallest absolute Gasteiger partial charge is 0.338 e. The average molecular weight is 577 g/mol. The van der Waals surface area contributed by atoms with E-state index in [4.69, 9.17) is 21.7 Å². The second-order valence-electron chi connectivity index (χ2n) is 12.2. The molecule has 1 aliphatic heterocycles. The number of carbonyl (C=O) groups is 2. The molecule has 1 aromatic carbocycles. The first-order valence-electron chi connectivity index (χ1n) is 13.2. The second kappa shape index (κ2) is 9.44. The number of carbonyl (C=O) groups excluding carboxylic acids is 2. The number of ketones is 1. The van der Waals surface area contributed by atoms with E-state index in [0.29, 0.717) is 9.77 Å². The molecule has 1 saturated heterocycles.